The number of furan rings is 1. The predicted molar refractivity (Wildman–Crippen MR) is 151 cm³/mol. The summed E-state index contributed by atoms with van der Waals surface area (Å²) < 4.78 is 5.28. The number of fused-ring (bicyclic) bond motifs is 2. The van der Waals surface area contributed by atoms with E-state index in [1.54, 1.807) is 24.9 Å². The van der Waals surface area contributed by atoms with Crippen LogP contribution in [0.1, 0.15) is 5.56 Å². The number of H-pyrrole nitrogens is 2. The Morgan fingerprint density at radius 3 is 2.67 bits per heavy atom. The Morgan fingerprint density at radius 1 is 0.872 bits per heavy atom. The summed E-state index contributed by atoms with van der Waals surface area (Å²) in [6.07, 6.45) is 7.11. The van der Waals surface area contributed by atoms with Gasteiger partial charge in [-0.1, -0.05) is 48.5 Å². The molecule has 7 rings (SSSR count). The van der Waals surface area contributed by atoms with Gasteiger partial charge in [-0.15, -0.1) is 0 Å². The molecule has 0 spiro atoms. The molecule has 0 atom stereocenters. The Hall–Kier alpha value is -5.50. The molecule has 7 aromatic rings. The molecule has 0 saturated carbocycles. The Labute approximate surface area is 222 Å². The lowest BCUT2D eigenvalue weighted by atomic mass is 10.0. The molecule has 8 heteroatoms. The number of aromatic nitrogens is 5. The zero-order valence-electron chi connectivity index (χ0n) is 20.7. The van der Waals surface area contributed by atoms with Gasteiger partial charge < -0.3 is 14.7 Å². The summed E-state index contributed by atoms with van der Waals surface area (Å²) in [5.74, 6) is 0.580. The van der Waals surface area contributed by atoms with Crippen LogP contribution < -0.4 is 5.32 Å². The quantitative estimate of drug-likeness (QED) is 0.233. The number of carbonyl (C=O) groups excluding carboxylic acids is 1. The van der Waals surface area contributed by atoms with Gasteiger partial charge in [-0.05, 0) is 41.5 Å². The smallest absolute Gasteiger partial charge is 0.228 e. The lowest BCUT2D eigenvalue weighted by Crippen LogP contribution is -2.14. The van der Waals surface area contributed by atoms with Crippen molar-refractivity contribution in [3.8, 4) is 33.8 Å². The fourth-order valence-electron chi connectivity index (χ4n) is 4.82. The van der Waals surface area contributed by atoms with Gasteiger partial charge in [-0.25, -0.2) is 4.98 Å². The second-order valence-electron chi connectivity index (χ2n) is 9.30. The number of aromatic amines is 2. The molecule has 4 aromatic heterocycles. The Morgan fingerprint density at radius 2 is 1.79 bits per heavy atom. The SMILES string of the molecule is O=C(Cc1ccccc1)Nc1cncc(-c2ccc3[nH]nc(-c4nc5c(-c6ccoc6)cccc5[nH]4)c3c2)c1. The maximum Gasteiger partial charge on any atom is 0.228 e. The predicted octanol–water partition coefficient (Wildman–Crippen LogP) is 6.61. The second-order valence-corrected chi connectivity index (χ2v) is 9.30. The monoisotopic (exact) mass is 510 g/mol. The average Bonchev–Trinajstić information content (AvgIpc) is 3.73. The highest BCUT2D eigenvalue weighted by Crippen LogP contribution is 2.33. The molecule has 1 amide bonds. The third-order valence-corrected chi connectivity index (χ3v) is 6.69. The van der Waals surface area contributed by atoms with Crippen molar-refractivity contribution in [1.82, 2.24) is 25.1 Å². The highest BCUT2D eigenvalue weighted by Gasteiger charge is 2.16. The van der Waals surface area contributed by atoms with E-state index < -0.39 is 0 Å². The number of imidazole rings is 1. The van der Waals surface area contributed by atoms with E-state index >= 15 is 0 Å². The first-order chi connectivity index (χ1) is 19.2. The molecule has 0 fully saturated rings. The van der Waals surface area contributed by atoms with Crippen molar-refractivity contribution in [2.24, 2.45) is 0 Å². The Balaban J connectivity index is 1.21. The summed E-state index contributed by atoms with van der Waals surface area (Å²) in [6, 6.07) is 25.6. The first-order valence-electron chi connectivity index (χ1n) is 12.5. The van der Waals surface area contributed by atoms with Crippen LogP contribution in [0.5, 0.6) is 0 Å². The van der Waals surface area contributed by atoms with Crippen LogP contribution in [0.25, 0.3) is 55.7 Å². The van der Waals surface area contributed by atoms with Gasteiger partial charge in [0.25, 0.3) is 0 Å². The lowest BCUT2D eigenvalue weighted by molar-refractivity contribution is -0.115. The van der Waals surface area contributed by atoms with Crippen LogP contribution in [0, 0.1) is 0 Å². The number of hydrogen-bond acceptors (Lipinski definition) is 5. The van der Waals surface area contributed by atoms with Crippen LogP contribution in [0.4, 0.5) is 5.69 Å². The van der Waals surface area contributed by atoms with Crippen LogP contribution in [0.3, 0.4) is 0 Å². The van der Waals surface area contributed by atoms with Crippen LogP contribution in [-0.4, -0.2) is 31.1 Å². The van der Waals surface area contributed by atoms with E-state index in [1.807, 2.05) is 72.8 Å². The molecule has 0 saturated heterocycles. The molecule has 4 heterocycles. The van der Waals surface area contributed by atoms with Crippen molar-refractivity contribution in [2.45, 2.75) is 6.42 Å². The van der Waals surface area contributed by atoms with Crippen LogP contribution in [-0.2, 0) is 11.2 Å². The van der Waals surface area contributed by atoms with Gasteiger partial charge in [0.15, 0.2) is 5.82 Å². The molecule has 3 aromatic carbocycles. The van der Waals surface area contributed by atoms with Crippen molar-refractivity contribution >= 4 is 33.5 Å². The fourth-order valence-corrected chi connectivity index (χ4v) is 4.82. The molecular formula is C31H22N6O2. The summed E-state index contributed by atoms with van der Waals surface area (Å²) >= 11 is 0. The summed E-state index contributed by atoms with van der Waals surface area (Å²) in [5.41, 5.74) is 8.78. The molecule has 0 aliphatic heterocycles. The normalized spacial score (nSPS) is 11.3. The molecule has 8 nitrogen and oxygen atoms in total. The summed E-state index contributed by atoms with van der Waals surface area (Å²) in [5, 5.41) is 11.6. The standard InChI is InChI=1S/C31H22N6O2/c38-28(13-19-5-2-1-3-6-19)33-23-14-22(16-32-17-23)20-9-10-26-25(15-20)30(37-36-26)31-34-27-8-4-7-24(29(27)35-31)21-11-12-39-18-21/h1-12,14-18H,13H2,(H,33,38)(H,34,35)(H,36,37). The topological polar surface area (TPSA) is 112 Å². The second kappa shape index (κ2) is 9.42. The van der Waals surface area contributed by atoms with Crippen molar-refractivity contribution in [1.29, 1.82) is 0 Å². The van der Waals surface area contributed by atoms with Crippen molar-refractivity contribution < 1.29 is 9.21 Å². The lowest BCUT2D eigenvalue weighted by Gasteiger charge is -2.08. The molecule has 0 bridgehead atoms. The van der Waals surface area contributed by atoms with Gasteiger partial charge in [-0.2, -0.15) is 5.10 Å². The number of hydrogen-bond donors (Lipinski definition) is 3. The van der Waals surface area contributed by atoms with Crippen LogP contribution in [0.15, 0.2) is 108 Å². The zero-order chi connectivity index (χ0) is 26.2. The summed E-state index contributed by atoms with van der Waals surface area (Å²) in [4.78, 5) is 25.3. The first-order valence-corrected chi connectivity index (χ1v) is 12.5. The molecule has 0 aliphatic rings. The van der Waals surface area contributed by atoms with E-state index in [-0.39, 0.29) is 5.91 Å². The molecule has 0 aliphatic carbocycles. The summed E-state index contributed by atoms with van der Waals surface area (Å²) in [7, 11) is 0. The molecule has 188 valence electrons. The third-order valence-electron chi connectivity index (χ3n) is 6.69. The van der Waals surface area contributed by atoms with E-state index in [2.05, 4.69) is 31.5 Å². The van der Waals surface area contributed by atoms with E-state index in [4.69, 9.17) is 9.40 Å². The van der Waals surface area contributed by atoms with E-state index in [9.17, 15) is 4.79 Å². The number of amides is 1. The number of anilines is 1. The van der Waals surface area contributed by atoms with Gasteiger partial charge in [0.1, 0.15) is 5.69 Å². The van der Waals surface area contributed by atoms with Crippen molar-refractivity contribution in [3.63, 3.8) is 0 Å². The number of rotatable bonds is 6. The Bertz CT molecular complexity index is 1940. The van der Waals surface area contributed by atoms with Crippen LogP contribution >= 0.6 is 0 Å². The number of para-hydroxylation sites is 1. The van der Waals surface area contributed by atoms with E-state index in [0.29, 0.717) is 17.9 Å². The number of carbonyl (C=O) groups is 1. The highest BCUT2D eigenvalue weighted by atomic mass is 16.3. The van der Waals surface area contributed by atoms with Gasteiger partial charge in [0, 0.05) is 28.3 Å². The van der Waals surface area contributed by atoms with Gasteiger partial charge in [0.05, 0.1) is 47.4 Å². The van der Waals surface area contributed by atoms with Crippen molar-refractivity contribution in [2.75, 3.05) is 5.32 Å². The van der Waals surface area contributed by atoms with Gasteiger partial charge in [0.2, 0.25) is 5.91 Å². The maximum absolute atomic E-state index is 12.6. The largest absolute Gasteiger partial charge is 0.472 e. The molecule has 0 unspecified atom stereocenters. The molecule has 3 N–H and O–H groups in total. The molecule has 39 heavy (non-hydrogen) atoms. The zero-order valence-corrected chi connectivity index (χ0v) is 20.7. The maximum atomic E-state index is 12.6. The number of nitrogens with zero attached hydrogens (tertiary/aromatic N) is 3. The fraction of sp³-hybridized carbons (Fsp3) is 0.0323. The van der Waals surface area contributed by atoms with Gasteiger partial charge in [-0.3, -0.25) is 14.9 Å². The minimum Gasteiger partial charge on any atom is -0.472 e. The first kappa shape index (κ1) is 22.7. The number of benzene rings is 3. The Kier molecular flexibility index (Phi) is 5.48. The van der Waals surface area contributed by atoms with Crippen molar-refractivity contribution in [3.05, 3.63) is 109 Å². The molecular weight excluding hydrogens is 488 g/mol. The third kappa shape index (κ3) is 4.34. The minimum atomic E-state index is -0.0904. The molecule has 0 radical (unpaired) electrons. The number of nitrogens with one attached hydrogen (secondary N) is 3. The van der Waals surface area contributed by atoms with Gasteiger partial charge >= 0.3 is 0 Å². The minimum absolute atomic E-state index is 0.0904. The van der Waals surface area contributed by atoms with E-state index in [1.165, 1.54) is 0 Å². The average molecular weight is 511 g/mol. The summed E-state index contributed by atoms with van der Waals surface area (Å²) in [6.45, 7) is 0. The van der Waals surface area contributed by atoms with E-state index in [0.717, 1.165) is 55.4 Å². The number of pyridine rings is 1. The van der Waals surface area contributed by atoms with Crippen LogP contribution in [0.2, 0.25) is 0 Å². The highest BCUT2D eigenvalue weighted by molar-refractivity contribution is 5.98.